The summed E-state index contributed by atoms with van der Waals surface area (Å²) in [5, 5.41) is 2.53. The molecule has 0 heterocycles. The fourth-order valence-electron chi connectivity index (χ4n) is 5.32. The van der Waals surface area contributed by atoms with Crippen molar-refractivity contribution in [1.29, 1.82) is 0 Å². The third-order valence-electron chi connectivity index (χ3n) is 7.91. The van der Waals surface area contributed by atoms with E-state index in [4.69, 9.17) is 11.5 Å². The lowest BCUT2D eigenvalue weighted by Crippen LogP contribution is -2.40. The number of carbonyl (C=O) groups excluding carboxylic acids is 4. The molecule has 0 spiro atoms. The van der Waals surface area contributed by atoms with E-state index in [1.807, 2.05) is 0 Å². The van der Waals surface area contributed by atoms with Crippen molar-refractivity contribution in [3.8, 4) is 0 Å². The van der Waals surface area contributed by atoms with Crippen molar-refractivity contribution >= 4 is 23.5 Å². The van der Waals surface area contributed by atoms with Crippen LogP contribution in [-0.4, -0.2) is 79.6 Å². The van der Waals surface area contributed by atoms with Gasteiger partial charge in [-0.1, -0.05) is 12.1 Å². The van der Waals surface area contributed by atoms with Gasteiger partial charge in [0, 0.05) is 70.1 Å². The van der Waals surface area contributed by atoms with Crippen LogP contribution in [0.5, 0.6) is 0 Å². The number of Topliss-reactive ketones (excluding diaryl/α,β-unsaturated/α-hetero) is 1. The van der Waals surface area contributed by atoms with Crippen molar-refractivity contribution < 1.29 is 45.5 Å². The average molecular weight is 658 g/mol. The second kappa shape index (κ2) is 15.5. The highest BCUT2D eigenvalue weighted by atomic mass is 19.4. The Balaban J connectivity index is 1.68. The van der Waals surface area contributed by atoms with Gasteiger partial charge in [-0.15, -0.1) is 0 Å². The summed E-state index contributed by atoms with van der Waals surface area (Å²) in [4.78, 5) is 54.4. The number of carbonyl (C=O) groups is 4. The van der Waals surface area contributed by atoms with Crippen molar-refractivity contribution in [1.82, 2.24) is 15.1 Å². The van der Waals surface area contributed by atoms with E-state index < -0.39 is 53.0 Å². The number of benzene rings is 2. The van der Waals surface area contributed by atoms with E-state index in [0.717, 1.165) is 36.4 Å². The molecule has 5 N–H and O–H groups in total. The number of nitrogens with zero attached hydrogens (tertiary/aromatic N) is 2. The molecule has 0 saturated heterocycles. The summed E-state index contributed by atoms with van der Waals surface area (Å²) in [5.41, 5.74) is 9.75. The number of amides is 3. The SMILES string of the molecule is CN(CCNC(=O)c1ccc(C(F)(F)F)cc1)C(=O)C(Cc1ccc(C(F)(F)F)cc1)C1C(=O)C1CCC(=O)N(CCN)CCN. The summed E-state index contributed by atoms with van der Waals surface area (Å²) < 4.78 is 77.7. The van der Waals surface area contributed by atoms with E-state index in [2.05, 4.69) is 5.32 Å². The number of nitrogens with one attached hydrogen (secondary N) is 1. The van der Waals surface area contributed by atoms with Gasteiger partial charge in [0.15, 0.2) is 0 Å². The van der Waals surface area contributed by atoms with Crippen LogP contribution in [0.3, 0.4) is 0 Å². The molecule has 252 valence electrons. The molecule has 2 aromatic rings. The lowest BCUT2D eigenvalue weighted by molar-refractivity contribution is -0.138. The van der Waals surface area contributed by atoms with Crippen molar-refractivity contribution in [2.75, 3.05) is 46.3 Å². The molecule has 3 unspecified atom stereocenters. The summed E-state index contributed by atoms with van der Waals surface area (Å²) in [6, 6.07) is 7.90. The van der Waals surface area contributed by atoms with Crippen LogP contribution in [0, 0.1) is 17.8 Å². The largest absolute Gasteiger partial charge is 0.416 e. The van der Waals surface area contributed by atoms with Gasteiger partial charge in [-0.05, 0) is 54.8 Å². The summed E-state index contributed by atoms with van der Waals surface area (Å²) in [6.45, 7) is 0.978. The first-order valence-electron chi connectivity index (χ1n) is 14.7. The molecule has 46 heavy (non-hydrogen) atoms. The number of hydrogen-bond donors (Lipinski definition) is 3. The third kappa shape index (κ3) is 9.76. The van der Waals surface area contributed by atoms with E-state index in [0.29, 0.717) is 18.7 Å². The van der Waals surface area contributed by atoms with Crippen molar-refractivity contribution in [2.45, 2.75) is 31.6 Å². The van der Waals surface area contributed by atoms with Crippen molar-refractivity contribution in [2.24, 2.45) is 29.2 Å². The summed E-state index contributed by atoms with van der Waals surface area (Å²) >= 11 is 0. The molecule has 0 bridgehead atoms. The number of halogens is 6. The minimum atomic E-state index is -4.55. The van der Waals surface area contributed by atoms with Gasteiger partial charge in [-0.3, -0.25) is 19.2 Å². The molecule has 1 fully saturated rings. The average Bonchev–Trinajstić information content (AvgIpc) is 3.65. The Bertz CT molecular complexity index is 1360. The van der Waals surface area contributed by atoms with Gasteiger partial charge in [0.05, 0.1) is 17.0 Å². The van der Waals surface area contributed by atoms with Gasteiger partial charge in [0.1, 0.15) is 5.78 Å². The van der Waals surface area contributed by atoms with Crippen LogP contribution in [-0.2, 0) is 33.2 Å². The Hall–Kier alpha value is -3.98. The zero-order valence-corrected chi connectivity index (χ0v) is 25.2. The predicted octanol–water partition coefficient (Wildman–Crippen LogP) is 3.11. The molecule has 3 amide bonds. The van der Waals surface area contributed by atoms with Gasteiger partial charge in [0.2, 0.25) is 11.8 Å². The first-order chi connectivity index (χ1) is 21.6. The number of nitrogens with two attached hydrogens (primary N) is 2. The predicted molar refractivity (Wildman–Crippen MR) is 156 cm³/mol. The zero-order valence-electron chi connectivity index (χ0n) is 25.2. The van der Waals surface area contributed by atoms with E-state index in [-0.39, 0.29) is 62.7 Å². The quantitative estimate of drug-likeness (QED) is 0.252. The lowest BCUT2D eigenvalue weighted by atomic mass is 9.91. The summed E-state index contributed by atoms with van der Waals surface area (Å²) in [6.07, 6.45) is -8.93. The molecule has 2 aromatic carbocycles. The van der Waals surface area contributed by atoms with Crippen LogP contribution >= 0.6 is 0 Å². The molecule has 1 aliphatic rings. The topological polar surface area (TPSA) is 139 Å². The van der Waals surface area contributed by atoms with E-state index >= 15 is 0 Å². The molecule has 1 saturated carbocycles. The number of rotatable bonds is 15. The first kappa shape index (κ1) is 36.5. The van der Waals surface area contributed by atoms with Crippen LogP contribution in [0.4, 0.5) is 26.3 Å². The smallest absolute Gasteiger partial charge is 0.350 e. The minimum absolute atomic E-state index is 0.0142. The van der Waals surface area contributed by atoms with Crippen LogP contribution in [0.2, 0.25) is 0 Å². The zero-order chi connectivity index (χ0) is 34.2. The molecule has 3 rings (SSSR count). The van der Waals surface area contributed by atoms with Crippen LogP contribution in [0.15, 0.2) is 48.5 Å². The van der Waals surface area contributed by atoms with E-state index in [1.54, 1.807) is 0 Å². The standard InChI is InChI=1S/C31H37F6N5O4/c1-41(17-14-40-28(45)20-4-8-22(9-5-20)31(35,36)37)29(46)24(18-19-2-6-21(7-3-19)30(32,33)34)26-23(27(26)44)10-11-25(43)42(15-12-38)16-13-39/h2-9,23-24,26H,10-18,38-39H2,1H3,(H,40,45). The highest BCUT2D eigenvalue weighted by Gasteiger charge is 2.55. The molecular formula is C31H37F6N5O4. The van der Waals surface area contributed by atoms with Crippen molar-refractivity contribution in [3.63, 3.8) is 0 Å². The van der Waals surface area contributed by atoms with E-state index in [9.17, 15) is 45.5 Å². The van der Waals surface area contributed by atoms with Gasteiger partial charge in [-0.2, -0.15) is 26.3 Å². The Labute approximate surface area is 262 Å². The maximum absolute atomic E-state index is 13.6. The summed E-state index contributed by atoms with van der Waals surface area (Å²) in [7, 11) is 1.44. The Morgan fingerprint density at radius 3 is 1.87 bits per heavy atom. The Morgan fingerprint density at radius 1 is 0.848 bits per heavy atom. The molecule has 0 aromatic heterocycles. The Kier molecular flexibility index (Phi) is 12.3. The van der Waals surface area contributed by atoms with Crippen LogP contribution in [0.1, 0.15) is 39.9 Å². The minimum Gasteiger partial charge on any atom is -0.350 e. The fraction of sp³-hybridized carbons (Fsp3) is 0.484. The fourth-order valence-corrected chi connectivity index (χ4v) is 5.32. The van der Waals surface area contributed by atoms with Gasteiger partial charge in [0.25, 0.3) is 5.91 Å². The van der Waals surface area contributed by atoms with Gasteiger partial charge in [-0.25, -0.2) is 0 Å². The number of alkyl halides is 6. The maximum Gasteiger partial charge on any atom is 0.416 e. The highest BCUT2D eigenvalue weighted by Crippen LogP contribution is 2.45. The first-order valence-corrected chi connectivity index (χ1v) is 14.7. The molecule has 9 nitrogen and oxygen atoms in total. The Morgan fingerprint density at radius 2 is 1.37 bits per heavy atom. The second-order valence-electron chi connectivity index (χ2n) is 11.1. The van der Waals surface area contributed by atoms with Crippen molar-refractivity contribution in [3.05, 3.63) is 70.8 Å². The second-order valence-corrected chi connectivity index (χ2v) is 11.1. The molecule has 0 radical (unpaired) electrons. The third-order valence-corrected chi connectivity index (χ3v) is 7.91. The highest BCUT2D eigenvalue weighted by molar-refractivity contribution is 6.03. The molecule has 3 atom stereocenters. The van der Waals surface area contributed by atoms with Gasteiger partial charge >= 0.3 is 12.4 Å². The number of ketones is 1. The van der Waals surface area contributed by atoms with Crippen LogP contribution < -0.4 is 16.8 Å². The normalized spacial score (nSPS) is 16.9. The number of likely N-dealkylation sites (N-methyl/N-ethyl adjacent to an activating group) is 1. The lowest BCUT2D eigenvalue weighted by Gasteiger charge is -2.24. The van der Waals surface area contributed by atoms with Gasteiger partial charge < -0.3 is 26.6 Å². The molecule has 15 heteroatoms. The number of hydrogen-bond acceptors (Lipinski definition) is 6. The molecule has 1 aliphatic carbocycles. The maximum atomic E-state index is 13.6. The monoisotopic (exact) mass is 657 g/mol. The molecular weight excluding hydrogens is 620 g/mol. The van der Waals surface area contributed by atoms with E-state index in [1.165, 1.54) is 29.0 Å². The summed E-state index contributed by atoms with van der Waals surface area (Å²) in [5.74, 6) is -3.90. The van der Waals surface area contributed by atoms with Crippen LogP contribution in [0.25, 0.3) is 0 Å². The molecule has 0 aliphatic heterocycles.